The maximum atomic E-state index is 13.1. The first-order valence-corrected chi connectivity index (χ1v) is 13.2. The number of hydrogen-bond donors (Lipinski definition) is 2. The van der Waals surface area contributed by atoms with Gasteiger partial charge >= 0.3 is 0 Å². The molecule has 0 unspecified atom stereocenters. The Hall–Kier alpha value is -2.49. The normalized spacial score (nSPS) is 17.2. The quantitative estimate of drug-likeness (QED) is 0.498. The van der Waals surface area contributed by atoms with E-state index in [9.17, 15) is 13.2 Å². The Morgan fingerprint density at radius 3 is 2.56 bits per heavy atom. The van der Waals surface area contributed by atoms with Gasteiger partial charge in [-0.15, -0.1) is 0 Å². The van der Waals surface area contributed by atoms with E-state index in [1.165, 1.54) is 6.20 Å². The molecule has 1 atom stereocenters. The van der Waals surface area contributed by atoms with Gasteiger partial charge in [-0.05, 0) is 77.5 Å². The lowest BCUT2D eigenvalue weighted by molar-refractivity contribution is 0.0640. The van der Waals surface area contributed by atoms with Gasteiger partial charge in [0.05, 0.1) is 16.5 Å². The molecule has 0 radical (unpaired) electrons. The molecular weight excluding hydrogens is 452 g/mol. The highest BCUT2D eigenvalue weighted by molar-refractivity contribution is 7.89. The summed E-state index contributed by atoms with van der Waals surface area (Å²) in [6.07, 6.45) is 4.58. The zero-order chi connectivity index (χ0) is 24.9. The molecule has 1 aliphatic rings. The number of unbranched alkanes of at least 4 members (excludes halogenated alkanes) is 1. The number of nitrogens with one attached hydrogen (secondary N) is 2. The van der Waals surface area contributed by atoms with Crippen molar-refractivity contribution in [1.29, 1.82) is 0 Å². The fourth-order valence-electron chi connectivity index (χ4n) is 3.96. The van der Waals surface area contributed by atoms with E-state index in [4.69, 9.17) is 4.74 Å². The van der Waals surface area contributed by atoms with Crippen LogP contribution in [0.2, 0.25) is 0 Å². The van der Waals surface area contributed by atoms with Gasteiger partial charge in [-0.25, -0.2) is 18.1 Å². The third-order valence-corrected chi connectivity index (χ3v) is 7.33. The van der Waals surface area contributed by atoms with Gasteiger partial charge in [-0.1, -0.05) is 19.1 Å². The van der Waals surface area contributed by atoms with E-state index >= 15 is 0 Å². The maximum Gasteiger partial charge on any atom is 0.252 e. The average Bonchev–Trinajstić information content (AvgIpc) is 2.77. The molecule has 34 heavy (non-hydrogen) atoms. The number of amides is 1. The Balaban J connectivity index is 1.78. The van der Waals surface area contributed by atoms with Crippen LogP contribution in [0.5, 0.6) is 5.88 Å². The zero-order valence-corrected chi connectivity index (χ0v) is 21.5. The first kappa shape index (κ1) is 26.1. The number of nitrogens with zero attached hydrogens (tertiary/aromatic N) is 2. The van der Waals surface area contributed by atoms with E-state index in [-0.39, 0.29) is 10.8 Å². The second-order valence-corrected chi connectivity index (χ2v) is 11.3. The van der Waals surface area contributed by atoms with Crippen LogP contribution in [0.3, 0.4) is 0 Å². The van der Waals surface area contributed by atoms with Crippen LogP contribution < -0.4 is 14.8 Å². The first-order chi connectivity index (χ1) is 16.0. The number of carbonyl (C=O) groups is 1. The second kappa shape index (κ2) is 10.8. The lowest BCUT2D eigenvalue weighted by atomic mass is 9.91. The van der Waals surface area contributed by atoms with Crippen molar-refractivity contribution < 1.29 is 17.9 Å². The molecule has 1 aromatic heterocycles. The summed E-state index contributed by atoms with van der Waals surface area (Å²) in [6, 6.07) is 7.98. The second-order valence-electron chi connectivity index (χ2n) is 9.62. The Morgan fingerprint density at radius 2 is 1.91 bits per heavy atom. The van der Waals surface area contributed by atoms with Crippen LogP contribution in [0.15, 0.2) is 41.4 Å². The van der Waals surface area contributed by atoms with Crippen LogP contribution in [0.25, 0.3) is 0 Å². The number of aryl methyl sites for hydroxylation is 1. The molecule has 0 fully saturated rings. The van der Waals surface area contributed by atoms with E-state index in [1.54, 1.807) is 18.2 Å². The number of sulfonamides is 1. The predicted octanol–water partition coefficient (Wildman–Crippen LogP) is 3.30. The highest BCUT2D eigenvalue weighted by Gasteiger charge is 2.37. The molecule has 2 aromatic rings. The van der Waals surface area contributed by atoms with Crippen LogP contribution in [0.1, 0.15) is 67.6 Å². The van der Waals surface area contributed by atoms with Crippen LogP contribution in [-0.4, -0.2) is 57.0 Å². The Morgan fingerprint density at radius 1 is 1.21 bits per heavy atom. The van der Waals surface area contributed by atoms with E-state index < -0.39 is 21.7 Å². The molecule has 186 valence electrons. The zero-order valence-electron chi connectivity index (χ0n) is 20.7. The Labute approximate surface area is 203 Å². The standard InChI is InChI=1S/C25H36N4O4S/c1-6-18-9-11-20(12-10-18)34(31,32)28-22-16-25(2,3)33-24-21(22)15-19(17-27-24)23(30)26-13-7-8-14-29(4)5/h9-12,15,17,22,28H,6-8,13-14,16H2,1-5H3,(H,26,30)/t22-/m0/s1. The monoisotopic (exact) mass is 488 g/mol. The summed E-state index contributed by atoms with van der Waals surface area (Å²) < 4.78 is 35.1. The summed E-state index contributed by atoms with van der Waals surface area (Å²) in [4.78, 5) is 19.4. The Kier molecular flexibility index (Phi) is 8.33. The molecule has 2 N–H and O–H groups in total. The van der Waals surface area contributed by atoms with Gasteiger partial charge in [-0.3, -0.25) is 4.79 Å². The number of rotatable bonds is 10. The predicted molar refractivity (Wildman–Crippen MR) is 133 cm³/mol. The maximum absolute atomic E-state index is 13.1. The van der Waals surface area contributed by atoms with Crippen molar-refractivity contribution >= 4 is 15.9 Å². The van der Waals surface area contributed by atoms with E-state index in [2.05, 4.69) is 19.9 Å². The van der Waals surface area contributed by atoms with Crippen molar-refractivity contribution in [2.75, 3.05) is 27.2 Å². The van der Waals surface area contributed by atoms with Crippen molar-refractivity contribution in [3.8, 4) is 5.88 Å². The lowest BCUT2D eigenvalue weighted by Crippen LogP contribution is -2.41. The molecule has 8 nitrogen and oxygen atoms in total. The van der Waals surface area contributed by atoms with Crippen LogP contribution in [-0.2, 0) is 16.4 Å². The van der Waals surface area contributed by atoms with Gasteiger partial charge in [0.1, 0.15) is 5.60 Å². The van der Waals surface area contributed by atoms with Crippen molar-refractivity contribution in [2.24, 2.45) is 0 Å². The molecule has 9 heteroatoms. The van der Waals surface area contributed by atoms with Gasteiger partial charge < -0.3 is 15.0 Å². The molecule has 0 saturated heterocycles. The third-order valence-electron chi connectivity index (χ3n) is 5.84. The van der Waals surface area contributed by atoms with Gasteiger partial charge in [-0.2, -0.15) is 0 Å². The van der Waals surface area contributed by atoms with E-state index in [0.717, 1.165) is 31.4 Å². The molecule has 3 rings (SSSR count). The molecule has 0 bridgehead atoms. The van der Waals surface area contributed by atoms with Gasteiger partial charge in [0.25, 0.3) is 5.91 Å². The summed E-state index contributed by atoms with van der Waals surface area (Å²) in [6.45, 7) is 7.34. The number of ether oxygens (including phenoxy) is 1. The minimum atomic E-state index is -3.78. The van der Waals surface area contributed by atoms with Gasteiger partial charge in [0.15, 0.2) is 0 Å². The molecule has 2 heterocycles. The summed E-state index contributed by atoms with van der Waals surface area (Å²) >= 11 is 0. The van der Waals surface area contributed by atoms with Crippen molar-refractivity contribution in [2.45, 2.75) is 63.0 Å². The Bertz CT molecular complexity index is 1100. The topological polar surface area (TPSA) is 101 Å². The SMILES string of the molecule is CCc1ccc(S(=O)(=O)N[C@H]2CC(C)(C)Oc3ncc(C(=O)NCCCCN(C)C)cc32)cc1. The third kappa shape index (κ3) is 6.77. The molecule has 0 spiro atoms. The highest BCUT2D eigenvalue weighted by atomic mass is 32.2. The summed E-state index contributed by atoms with van der Waals surface area (Å²) in [5.41, 5.74) is 1.40. The van der Waals surface area contributed by atoms with Crippen LogP contribution in [0.4, 0.5) is 0 Å². The molecule has 1 aliphatic heterocycles. The smallest absolute Gasteiger partial charge is 0.252 e. The summed E-state index contributed by atoms with van der Waals surface area (Å²) in [7, 11) is 0.263. The fourth-order valence-corrected chi connectivity index (χ4v) is 5.17. The number of fused-ring (bicyclic) bond motifs is 1. The van der Waals surface area contributed by atoms with Crippen LogP contribution in [0, 0.1) is 0 Å². The fraction of sp³-hybridized carbons (Fsp3) is 0.520. The summed E-state index contributed by atoms with van der Waals surface area (Å²) in [5, 5.41) is 2.92. The molecule has 0 aliphatic carbocycles. The van der Waals surface area contributed by atoms with E-state index in [1.807, 2.05) is 47.0 Å². The highest BCUT2D eigenvalue weighted by Crippen LogP contribution is 2.39. The number of aromatic nitrogens is 1. The average molecular weight is 489 g/mol. The van der Waals surface area contributed by atoms with E-state index in [0.29, 0.717) is 30.0 Å². The lowest BCUT2D eigenvalue weighted by Gasteiger charge is -2.37. The van der Waals surface area contributed by atoms with Crippen molar-refractivity contribution in [3.63, 3.8) is 0 Å². The molecular formula is C25H36N4O4S. The van der Waals surface area contributed by atoms with Gasteiger partial charge in [0.2, 0.25) is 15.9 Å². The van der Waals surface area contributed by atoms with Crippen molar-refractivity contribution in [3.05, 3.63) is 53.2 Å². The number of carbonyl (C=O) groups excluding carboxylic acids is 1. The first-order valence-electron chi connectivity index (χ1n) is 11.7. The molecule has 0 saturated carbocycles. The number of hydrogen-bond acceptors (Lipinski definition) is 6. The van der Waals surface area contributed by atoms with Crippen molar-refractivity contribution in [1.82, 2.24) is 19.9 Å². The minimum absolute atomic E-state index is 0.204. The van der Waals surface area contributed by atoms with Gasteiger partial charge in [0, 0.05) is 24.7 Å². The minimum Gasteiger partial charge on any atom is -0.471 e. The number of benzene rings is 1. The van der Waals surface area contributed by atoms with Crippen LogP contribution >= 0.6 is 0 Å². The molecule has 1 amide bonds. The largest absolute Gasteiger partial charge is 0.471 e. The summed E-state index contributed by atoms with van der Waals surface area (Å²) in [5.74, 6) is 0.106. The number of pyridine rings is 1. The molecule has 1 aromatic carbocycles.